The molecule has 30 heavy (non-hydrogen) atoms. The van der Waals surface area contributed by atoms with Gasteiger partial charge in [-0.25, -0.2) is 14.5 Å². The average Bonchev–Trinajstić information content (AvgIpc) is 3.03. The van der Waals surface area contributed by atoms with Crippen molar-refractivity contribution in [3.8, 4) is 5.69 Å². The fourth-order valence-electron chi connectivity index (χ4n) is 3.49. The lowest BCUT2D eigenvalue weighted by molar-refractivity contribution is 0.0526. The van der Waals surface area contributed by atoms with Crippen molar-refractivity contribution in [1.82, 2.24) is 19.7 Å². The van der Waals surface area contributed by atoms with Gasteiger partial charge in [0.05, 0.1) is 34.6 Å². The summed E-state index contributed by atoms with van der Waals surface area (Å²) >= 11 is 0. The van der Waals surface area contributed by atoms with Gasteiger partial charge in [0.25, 0.3) is 5.56 Å². The molecular formula is C23H22N4O3. The van der Waals surface area contributed by atoms with Crippen LogP contribution in [-0.4, -0.2) is 32.3 Å². The minimum absolute atomic E-state index is 0.195. The summed E-state index contributed by atoms with van der Waals surface area (Å²) in [7, 11) is 0. The molecule has 0 fully saturated rings. The molecule has 1 N–H and O–H groups in total. The number of fused-ring (bicyclic) bond motifs is 1. The summed E-state index contributed by atoms with van der Waals surface area (Å²) in [5.74, 6) is -0.347. The van der Waals surface area contributed by atoms with Crippen molar-refractivity contribution in [1.29, 1.82) is 0 Å². The van der Waals surface area contributed by atoms with Gasteiger partial charge in [0, 0.05) is 17.7 Å². The second kappa shape index (κ2) is 7.94. The van der Waals surface area contributed by atoms with Gasteiger partial charge in [-0.1, -0.05) is 12.1 Å². The summed E-state index contributed by atoms with van der Waals surface area (Å²) in [6, 6.07) is 14.6. The quantitative estimate of drug-likeness (QED) is 0.516. The number of esters is 1. The Balaban J connectivity index is 1.67. The third-order valence-electron chi connectivity index (χ3n) is 5.08. The van der Waals surface area contributed by atoms with Gasteiger partial charge in [0.15, 0.2) is 0 Å². The van der Waals surface area contributed by atoms with E-state index < -0.39 is 0 Å². The molecule has 0 aliphatic heterocycles. The van der Waals surface area contributed by atoms with Gasteiger partial charge >= 0.3 is 5.97 Å². The first-order valence-electron chi connectivity index (χ1n) is 9.78. The number of carbonyl (C=O) groups is 1. The van der Waals surface area contributed by atoms with Crippen LogP contribution in [-0.2, 0) is 11.2 Å². The fourth-order valence-corrected chi connectivity index (χ4v) is 3.49. The topological polar surface area (TPSA) is 89.9 Å². The van der Waals surface area contributed by atoms with Gasteiger partial charge < -0.3 is 9.72 Å². The zero-order valence-electron chi connectivity index (χ0n) is 17.1. The van der Waals surface area contributed by atoms with E-state index in [1.165, 1.54) is 0 Å². The van der Waals surface area contributed by atoms with E-state index in [9.17, 15) is 9.59 Å². The Labute approximate surface area is 173 Å². The lowest BCUT2D eigenvalue weighted by Gasteiger charge is -2.07. The van der Waals surface area contributed by atoms with Crippen molar-refractivity contribution in [3.63, 3.8) is 0 Å². The predicted molar refractivity (Wildman–Crippen MR) is 114 cm³/mol. The Bertz CT molecular complexity index is 1290. The Hall–Kier alpha value is -3.74. The summed E-state index contributed by atoms with van der Waals surface area (Å²) in [6.07, 6.45) is 0.388. The molecule has 7 nitrogen and oxygen atoms in total. The lowest BCUT2D eigenvalue weighted by Crippen LogP contribution is -2.16. The number of benzene rings is 2. The molecule has 0 bridgehead atoms. The van der Waals surface area contributed by atoms with E-state index in [4.69, 9.17) is 4.74 Å². The number of nitrogens with zero attached hydrogens (tertiary/aromatic N) is 3. The van der Waals surface area contributed by atoms with Crippen LogP contribution in [0, 0.1) is 13.8 Å². The number of para-hydroxylation sites is 2. The first-order chi connectivity index (χ1) is 14.5. The molecule has 0 saturated heterocycles. The molecule has 0 saturated carbocycles. The van der Waals surface area contributed by atoms with E-state index in [2.05, 4.69) is 15.1 Å². The first-order valence-corrected chi connectivity index (χ1v) is 9.78. The molecule has 0 spiro atoms. The summed E-state index contributed by atoms with van der Waals surface area (Å²) in [5.41, 5.74) is 5.77. The van der Waals surface area contributed by atoms with E-state index >= 15 is 0 Å². The molecule has 2 aromatic heterocycles. The maximum absolute atomic E-state index is 12.5. The molecule has 0 aliphatic carbocycles. The van der Waals surface area contributed by atoms with Crippen LogP contribution in [0.4, 0.5) is 0 Å². The Morgan fingerprint density at radius 2 is 1.83 bits per heavy atom. The van der Waals surface area contributed by atoms with Crippen LogP contribution < -0.4 is 5.56 Å². The normalized spacial score (nSPS) is 11.0. The Morgan fingerprint density at radius 3 is 2.57 bits per heavy atom. The van der Waals surface area contributed by atoms with Crippen molar-refractivity contribution in [2.45, 2.75) is 27.2 Å². The van der Waals surface area contributed by atoms with Crippen molar-refractivity contribution < 1.29 is 9.53 Å². The largest absolute Gasteiger partial charge is 0.462 e. The van der Waals surface area contributed by atoms with Crippen LogP contribution in [0.15, 0.2) is 53.3 Å². The van der Waals surface area contributed by atoms with Crippen LogP contribution in [0.1, 0.15) is 39.9 Å². The maximum atomic E-state index is 12.5. The number of aromatic amines is 1. The van der Waals surface area contributed by atoms with E-state index in [0.717, 1.165) is 33.7 Å². The number of aromatic nitrogens is 4. The van der Waals surface area contributed by atoms with E-state index in [1.807, 2.05) is 54.9 Å². The highest BCUT2D eigenvalue weighted by molar-refractivity contribution is 5.89. The number of rotatable bonds is 5. The second-order valence-corrected chi connectivity index (χ2v) is 7.04. The fraction of sp³-hybridized carbons (Fsp3) is 0.217. The highest BCUT2D eigenvalue weighted by Gasteiger charge is 2.16. The highest BCUT2D eigenvalue weighted by Crippen LogP contribution is 2.21. The van der Waals surface area contributed by atoms with Gasteiger partial charge in [0.2, 0.25) is 0 Å². The molecule has 7 heteroatoms. The minimum atomic E-state index is -0.347. The molecule has 0 aliphatic rings. The van der Waals surface area contributed by atoms with Crippen LogP contribution in [0.25, 0.3) is 16.7 Å². The number of hydrogen-bond acceptors (Lipinski definition) is 5. The molecule has 0 radical (unpaired) electrons. The van der Waals surface area contributed by atoms with Crippen LogP contribution in [0.5, 0.6) is 0 Å². The predicted octanol–water partition coefficient (Wildman–Crippen LogP) is 3.49. The average molecular weight is 402 g/mol. The van der Waals surface area contributed by atoms with E-state index in [0.29, 0.717) is 24.3 Å². The summed E-state index contributed by atoms with van der Waals surface area (Å²) in [6.45, 7) is 5.99. The molecule has 2 heterocycles. The van der Waals surface area contributed by atoms with Crippen LogP contribution in [0.2, 0.25) is 0 Å². The molecule has 0 amide bonds. The zero-order chi connectivity index (χ0) is 21.3. The van der Waals surface area contributed by atoms with E-state index in [-0.39, 0.29) is 11.5 Å². The van der Waals surface area contributed by atoms with Crippen molar-refractivity contribution in [3.05, 3.63) is 87.1 Å². The van der Waals surface area contributed by atoms with Crippen molar-refractivity contribution in [2.75, 3.05) is 6.61 Å². The molecule has 152 valence electrons. The number of hydrogen-bond donors (Lipinski definition) is 1. The summed E-state index contributed by atoms with van der Waals surface area (Å²) in [4.78, 5) is 31.8. The number of ether oxygens (including phenoxy) is 1. The van der Waals surface area contributed by atoms with Crippen LogP contribution >= 0.6 is 0 Å². The van der Waals surface area contributed by atoms with Gasteiger partial charge in [-0.05, 0) is 57.2 Å². The highest BCUT2D eigenvalue weighted by atomic mass is 16.5. The number of nitrogens with one attached hydrogen (secondary N) is 1. The Kier molecular flexibility index (Phi) is 5.18. The molecule has 0 unspecified atom stereocenters. The first kappa shape index (κ1) is 19.6. The number of aryl methyl sites for hydroxylation is 1. The van der Waals surface area contributed by atoms with Crippen molar-refractivity contribution in [2.24, 2.45) is 0 Å². The smallest absolute Gasteiger partial charge is 0.338 e. The standard InChI is InChI=1S/C23H22N4O3/c1-4-30-23(29)16-9-11-17(12-10-16)27-15(3)18(14(2)26-27)13-21-22(28)25-20-8-6-5-7-19(20)24-21/h5-12H,4,13H2,1-3H3,(H,25,28). The summed E-state index contributed by atoms with van der Waals surface area (Å²) in [5, 5.41) is 4.64. The van der Waals surface area contributed by atoms with E-state index in [1.54, 1.807) is 19.1 Å². The van der Waals surface area contributed by atoms with Crippen molar-refractivity contribution >= 4 is 17.0 Å². The lowest BCUT2D eigenvalue weighted by atomic mass is 10.1. The van der Waals surface area contributed by atoms with Gasteiger partial charge in [-0.3, -0.25) is 4.79 Å². The molecule has 4 rings (SSSR count). The monoisotopic (exact) mass is 402 g/mol. The van der Waals surface area contributed by atoms with Gasteiger partial charge in [-0.2, -0.15) is 5.10 Å². The number of H-pyrrole nitrogens is 1. The van der Waals surface area contributed by atoms with Gasteiger partial charge in [0.1, 0.15) is 5.69 Å². The second-order valence-electron chi connectivity index (χ2n) is 7.04. The maximum Gasteiger partial charge on any atom is 0.338 e. The Morgan fingerprint density at radius 1 is 1.10 bits per heavy atom. The third-order valence-corrected chi connectivity index (χ3v) is 5.08. The van der Waals surface area contributed by atoms with Gasteiger partial charge in [-0.15, -0.1) is 0 Å². The molecular weight excluding hydrogens is 380 g/mol. The number of carbonyl (C=O) groups excluding carboxylic acids is 1. The molecule has 0 atom stereocenters. The SMILES string of the molecule is CCOC(=O)c1ccc(-n2nc(C)c(Cc3nc4ccccc4[nH]c3=O)c2C)cc1. The zero-order valence-corrected chi connectivity index (χ0v) is 17.1. The third kappa shape index (κ3) is 3.61. The summed E-state index contributed by atoms with van der Waals surface area (Å²) < 4.78 is 6.84. The molecule has 4 aromatic rings. The minimum Gasteiger partial charge on any atom is -0.462 e. The molecule has 2 aromatic carbocycles. The van der Waals surface area contributed by atoms with Crippen LogP contribution in [0.3, 0.4) is 0 Å².